The van der Waals surface area contributed by atoms with E-state index in [1.165, 1.54) is 51.4 Å². The van der Waals surface area contributed by atoms with Gasteiger partial charge in [0.15, 0.2) is 0 Å². The Morgan fingerprint density at radius 1 is 1.21 bits per heavy atom. The van der Waals surface area contributed by atoms with Gasteiger partial charge in [-0.2, -0.15) is 0 Å². The van der Waals surface area contributed by atoms with Crippen LogP contribution < -0.4 is 5.73 Å². The van der Waals surface area contributed by atoms with Crippen molar-refractivity contribution in [2.24, 2.45) is 17.6 Å². The normalized spacial score (nSPS) is 32.5. The summed E-state index contributed by atoms with van der Waals surface area (Å²) in [6.07, 6.45) is 13.8. The Morgan fingerprint density at radius 3 is 2.71 bits per heavy atom. The molecule has 2 unspecified atom stereocenters. The molecule has 0 spiro atoms. The monoisotopic (exact) mass is 193 g/mol. The molecule has 0 aliphatic heterocycles. The lowest BCUT2D eigenvalue weighted by Gasteiger charge is -2.07. The van der Waals surface area contributed by atoms with Crippen molar-refractivity contribution in [3.8, 4) is 0 Å². The van der Waals surface area contributed by atoms with E-state index in [4.69, 9.17) is 5.73 Å². The van der Waals surface area contributed by atoms with Crippen molar-refractivity contribution in [1.82, 2.24) is 0 Å². The first-order valence-corrected chi connectivity index (χ1v) is 6.28. The summed E-state index contributed by atoms with van der Waals surface area (Å²) in [5.74, 6) is 1.84. The van der Waals surface area contributed by atoms with Gasteiger partial charge in [0.25, 0.3) is 0 Å². The van der Waals surface area contributed by atoms with Crippen LogP contribution in [0, 0.1) is 11.8 Å². The molecule has 2 fully saturated rings. The first-order valence-electron chi connectivity index (χ1n) is 6.28. The van der Waals surface area contributed by atoms with Crippen LogP contribution in [0.5, 0.6) is 0 Å². The van der Waals surface area contributed by atoms with Crippen LogP contribution in [0.1, 0.15) is 51.4 Å². The Balaban J connectivity index is 1.80. The maximum absolute atomic E-state index is 5.60. The molecule has 80 valence electrons. The molecular weight excluding hydrogens is 170 g/mol. The molecule has 2 atom stereocenters. The van der Waals surface area contributed by atoms with Gasteiger partial charge in [-0.25, -0.2) is 0 Å². The van der Waals surface area contributed by atoms with Crippen molar-refractivity contribution in [3.05, 3.63) is 11.6 Å². The minimum atomic E-state index is 0.883. The molecule has 2 N–H and O–H groups in total. The fraction of sp³-hybridized carbons (Fsp3) is 0.846. The summed E-state index contributed by atoms with van der Waals surface area (Å²) in [4.78, 5) is 0. The maximum atomic E-state index is 5.60. The van der Waals surface area contributed by atoms with Gasteiger partial charge in [-0.15, -0.1) is 0 Å². The summed E-state index contributed by atoms with van der Waals surface area (Å²) in [5.41, 5.74) is 7.36. The van der Waals surface area contributed by atoms with E-state index >= 15 is 0 Å². The first kappa shape index (κ1) is 10.2. The molecule has 2 rings (SSSR count). The molecule has 0 amide bonds. The Labute approximate surface area is 87.8 Å². The molecule has 0 radical (unpaired) electrons. The van der Waals surface area contributed by atoms with E-state index in [1.54, 1.807) is 5.57 Å². The lowest BCUT2D eigenvalue weighted by molar-refractivity contribution is 0.497. The first-order chi connectivity index (χ1) is 6.88. The largest absolute Gasteiger partial charge is 0.330 e. The second-order valence-corrected chi connectivity index (χ2v) is 5.05. The Hall–Kier alpha value is -0.300. The van der Waals surface area contributed by atoms with E-state index in [-0.39, 0.29) is 0 Å². The van der Waals surface area contributed by atoms with Crippen LogP contribution >= 0.6 is 0 Å². The molecule has 1 heteroatoms. The minimum Gasteiger partial charge on any atom is -0.330 e. The Bertz CT molecular complexity index is 199. The van der Waals surface area contributed by atoms with Gasteiger partial charge >= 0.3 is 0 Å². The van der Waals surface area contributed by atoms with Gasteiger partial charge in [0.1, 0.15) is 0 Å². The fourth-order valence-electron chi connectivity index (χ4n) is 3.09. The molecule has 0 aromatic carbocycles. The predicted molar refractivity (Wildman–Crippen MR) is 61.1 cm³/mol. The van der Waals surface area contributed by atoms with Crippen LogP contribution in [0.4, 0.5) is 0 Å². The van der Waals surface area contributed by atoms with E-state index in [2.05, 4.69) is 6.08 Å². The summed E-state index contributed by atoms with van der Waals surface area (Å²) < 4.78 is 0. The highest BCUT2D eigenvalue weighted by molar-refractivity contribution is 5.09. The molecule has 2 saturated carbocycles. The number of rotatable bonds is 3. The topological polar surface area (TPSA) is 26.0 Å². The number of hydrogen-bond donors (Lipinski definition) is 1. The van der Waals surface area contributed by atoms with Gasteiger partial charge in [-0.05, 0) is 69.7 Å². The van der Waals surface area contributed by atoms with Gasteiger partial charge < -0.3 is 5.73 Å². The lowest BCUT2D eigenvalue weighted by Crippen LogP contribution is -2.05. The molecule has 14 heavy (non-hydrogen) atoms. The van der Waals surface area contributed by atoms with E-state index in [0.717, 1.165) is 18.4 Å². The van der Waals surface area contributed by atoms with E-state index in [0.29, 0.717) is 0 Å². The second-order valence-electron chi connectivity index (χ2n) is 5.05. The van der Waals surface area contributed by atoms with Crippen LogP contribution in [-0.2, 0) is 0 Å². The average molecular weight is 193 g/mol. The second kappa shape index (κ2) is 4.97. The smallest absolute Gasteiger partial charge is 0.00746 e. The number of allylic oxidation sites excluding steroid dienone is 2. The summed E-state index contributed by atoms with van der Waals surface area (Å²) in [6.45, 7) is 0.883. The highest BCUT2D eigenvalue weighted by Crippen LogP contribution is 2.36. The van der Waals surface area contributed by atoms with Crippen molar-refractivity contribution < 1.29 is 0 Å². The van der Waals surface area contributed by atoms with Crippen molar-refractivity contribution in [1.29, 1.82) is 0 Å². The quantitative estimate of drug-likeness (QED) is 0.684. The summed E-state index contributed by atoms with van der Waals surface area (Å²) >= 11 is 0. The molecule has 2 aliphatic rings. The number of hydrogen-bond acceptors (Lipinski definition) is 1. The predicted octanol–water partition coefficient (Wildman–Crippen LogP) is 3.25. The van der Waals surface area contributed by atoms with Crippen LogP contribution in [-0.4, -0.2) is 6.54 Å². The third-order valence-electron chi connectivity index (χ3n) is 3.87. The minimum absolute atomic E-state index is 0.883. The third kappa shape index (κ3) is 2.60. The molecule has 2 aliphatic carbocycles. The molecule has 1 nitrogen and oxygen atoms in total. The lowest BCUT2D eigenvalue weighted by atomic mass is 9.99. The van der Waals surface area contributed by atoms with E-state index < -0.39 is 0 Å². The molecular formula is C13H23N. The third-order valence-corrected chi connectivity index (χ3v) is 3.87. The van der Waals surface area contributed by atoms with Crippen LogP contribution in [0.2, 0.25) is 0 Å². The Kier molecular flexibility index (Phi) is 3.63. The molecule has 0 heterocycles. The van der Waals surface area contributed by atoms with Crippen LogP contribution in [0.3, 0.4) is 0 Å². The van der Waals surface area contributed by atoms with E-state index in [9.17, 15) is 0 Å². The zero-order valence-electron chi connectivity index (χ0n) is 9.17. The SMILES string of the molecule is NCCC1CCC(C=C2CCCC2)C1. The van der Waals surface area contributed by atoms with Crippen molar-refractivity contribution in [2.45, 2.75) is 51.4 Å². The molecule has 0 aromatic rings. The summed E-state index contributed by atoms with van der Waals surface area (Å²) in [7, 11) is 0. The van der Waals surface area contributed by atoms with Gasteiger partial charge in [0, 0.05) is 0 Å². The maximum Gasteiger partial charge on any atom is -0.00746 e. The summed E-state index contributed by atoms with van der Waals surface area (Å²) in [6, 6.07) is 0. The van der Waals surface area contributed by atoms with Gasteiger partial charge in [-0.3, -0.25) is 0 Å². The zero-order valence-corrected chi connectivity index (χ0v) is 9.17. The van der Waals surface area contributed by atoms with Crippen molar-refractivity contribution in [2.75, 3.05) is 6.54 Å². The van der Waals surface area contributed by atoms with Crippen molar-refractivity contribution >= 4 is 0 Å². The van der Waals surface area contributed by atoms with E-state index in [1.807, 2.05) is 0 Å². The zero-order chi connectivity index (χ0) is 9.80. The summed E-state index contributed by atoms with van der Waals surface area (Å²) in [5, 5.41) is 0. The highest BCUT2D eigenvalue weighted by atomic mass is 14.5. The van der Waals surface area contributed by atoms with Gasteiger partial charge in [-0.1, -0.05) is 11.6 Å². The number of nitrogens with two attached hydrogens (primary N) is 1. The molecule has 0 aromatic heterocycles. The van der Waals surface area contributed by atoms with Gasteiger partial charge in [0.2, 0.25) is 0 Å². The molecule has 0 saturated heterocycles. The fourth-order valence-corrected chi connectivity index (χ4v) is 3.09. The standard InChI is InChI=1S/C13H23N/c14-8-7-12-5-6-13(10-12)9-11-3-1-2-4-11/h9,12-13H,1-8,10,14H2. The van der Waals surface area contributed by atoms with Crippen molar-refractivity contribution in [3.63, 3.8) is 0 Å². The van der Waals surface area contributed by atoms with Gasteiger partial charge in [0.05, 0.1) is 0 Å². The Morgan fingerprint density at radius 2 is 2.00 bits per heavy atom. The van der Waals surface area contributed by atoms with Crippen LogP contribution in [0.15, 0.2) is 11.6 Å². The average Bonchev–Trinajstić information content (AvgIpc) is 2.79. The molecule has 0 bridgehead atoms. The highest BCUT2D eigenvalue weighted by Gasteiger charge is 2.23. The van der Waals surface area contributed by atoms with Crippen LogP contribution in [0.25, 0.3) is 0 Å².